The lowest BCUT2D eigenvalue weighted by molar-refractivity contribution is -0.146. The van der Waals surface area contributed by atoms with Crippen molar-refractivity contribution in [1.82, 2.24) is 4.98 Å². The molecule has 1 aromatic heterocycles. The minimum Gasteiger partial charge on any atom is -0.458 e. The highest BCUT2D eigenvalue weighted by Crippen LogP contribution is 2.40. The second kappa shape index (κ2) is 5.30. The summed E-state index contributed by atoms with van der Waals surface area (Å²) in [5.41, 5.74) is 4.87. The number of hydrogen-bond donors (Lipinski definition) is 0. The van der Waals surface area contributed by atoms with Crippen LogP contribution in [0.4, 0.5) is 0 Å². The highest BCUT2D eigenvalue weighted by Gasteiger charge is 2.27. The maximum atomic E-state index is 11.1. The van der Waals surface area contributed by atoms with E-state index >= 15 is 0 Å². The van der Waals surface area contributed by atoms with Gasteiger partial charge in [-0.05, 0) is 52.4 Å². The minimum atomic E-state index is -0.214. The Labute approximate surface area is 130 Å². The molecule has 104 valence electrons. The lowest BCUT2D eigenvalue weighted by Crippen LogP contribution is -2.05. The number of halogens is 1. The van der Waals surface area contributed by atoms with Gasteiger partial charge in [0.05, 0.1) is 9.98 Å². The van der Waals surface area contributed by atoms with E-state index < -0.39 is 0 Å². The molecule has 5 heteroatoms. The molecule has 3 nitrogen and oxygen atoms in total. The van der Waals surface area contributed by atoms with E-state index in [2.05, 4.69) is 40.0 Å². The SMILES string of the molecule is CC(=O)OC1CCc2c1ccc(-c1ncc(Br)s1)c2C. The molecule has 0 aliphatic heterocycles. The maximum Gasteiger partial charge on any atom is 0.303 e. The van der Waals surface area contributed by atoms with E-state index in [1.807, 2.05) is 6.20 Å². The molecule has 1 aliphatic rings. The van der Waals surface area contributed by atoms with Crippen molar-refractivity contribution in [2.45, 2.75) is 32.8 Å². The van der Waals surface area contributed by atoms with Crippen LogP contribution in [-0.2, 0) is 16.0 Å². The van der Waals surface area contributed by atoms with Crippen molar-refractivity contribution in [3.63, 3.8) is 0 Å². The van der Waals surface area contributed by atoms with Gasteiger partial charge in [-0.1, -0.05) is 12.1 Å². The van der Waals surface area contributed by atoms with Crippen LogP contribution < -0.4 is 0 Å². The third-order valence-corrected chi connectivity index (χ3v) is 5.16. The highest BCUT2D eigenvalue weighted by molar-refractivity contribution is 9.11. The van der Waals surface area contributed by atoms with Crippen LogP contribution in [-0.4, -0.2) is 11.0 Å². The fourth-order valence-corrected chi connectivity index (χ4v) is 4.06. The molecule has 1 aromatic carbocycles. The Morgan fingerprint density at radius 2 is 2.30 bits per heavy atom. The zero-order valence-electron chi connectivity index (χ0n) is 11.3. The quantitative estimate of drug-likeness (QED) is 0.751. The number of benzene rings is 1. The summed E-state index contributed by atoms with van der Waals surface area (Å²) in [6, 6.07) is 4.16. The van der Waals surface area contributed by atoms with Crippen LogP contribution in [0.1, 0.15) is 36.1 Å². The van der Waals surface area contributed by atoms with Crippen LogP contribution >= 0.6 is 27.3 Å². The summed E-state index contributed by atoms with van der Waals surface area (Å²) < 4.78 is 6.42. The lowest BCUT2D eigenvalue weighted by atomic mass is 9.99. The molecule has 2 aromatic rings. The number of nitrogens with zero attached hydrogens (tertiary/aromatic N) is 1. The van der Waals surface area contributed by atoms with Crippen molar-refractivity contribution < 1.29 is 9.53 Å². The Morgan fingerprint density at radius 1 is 1.50 bits per heavy atom. The topological polar surface area (TPSA) is 39.2 Å². The molecule has 3 rings (SSSR count). The summed E-state index contributed by atoms with van der Waals surface area (Å²) >= 11 is 5.08. The Bertz CT molecular complexity index is 681. The summed E-state index contributed by atoms with van der Waals surface area (Å²) in [4.78, 5) is 15.6. The highest BCUT2D eigenvalue weighted by atomic mass is 79.9. The number of carbonyl (C=O) groups excluding carboxylic acids is 1. The zero-order chi connectivity index (χ0) is 14.3. The predicted octanol–water partition coefficient (Wildman–Crippen LogP) is 4.43. The van der Waals surface area contributed by atoms with Crippen LogP contribution in [0.25, 0.3) is 10.6 Å². The fourth-order valence-electron chi connectivity index (χ4n) is 2.78. The van der Waals surface area contributed by atoms with Gasteiger partial charge >= 0.3 is 5.97 Å². The van der Waals surface area contributed by atoms with Crippen molar-refractivity contribution in [2.24, 2.45) is 0 Å². The molecule has 0 bridgehead atoms. The lowest BCUT2D eigenvalue weighted by Gasteiger charge is -2.13. The summed E-state index contributed by atoms with van der Waals surface area (Å²) in [5, 5.41) is 1.02. The minimum absolute atomic E-state index is 0.0849. The van der Waals surface area contributed by atoms with Gasteiger partial charge in [-0.15, -0.1) is 11.3 Å². The number of aromatic nitrogens is 1. The summed E-state index contributed by atoms with van der Waals surface area (Å²) in [7, 11) is 0. The van der Waals surface area contributed by atoms with Crippen LogP contribution in [0.3, 0.4) is 0 Å². The average Bonchev–Trinajstić information content (AvgIpc) is 2.97. The molecule has 20 heavy (non-hydrogen) atoms. The molecule has 1 atom stereocenters. The normalized spacial score (nSPS) is 17.1. The van der Waals surface area contributed by atoms with E-state index in [9.17, 15) is 4.79 Å². The predicted molar refractivity (Wildman–Crippen MR) is 82.8 cm³/mol. The van der Waals surface area contributed by atoms with Crippen LogP contribution in [0.5, 0.6) is 0 Å². The van der Waals surface area contributed by atoms with E-state index in [4.69, 9.17) is 4.74 Å². The molecule has 0 N–H and O–H groups in total. The van der Waals surface area contributed by atoms with Gasteiger partial charge < -0.3 is 4.74 Å². The Balaban J connectivity index is 2.01. The molecule has 0 radical (unpaired) electrons. The van der Waals surface area contributed by atoms with Gasteiger partial charge in [0, 0.05) is 12.5 Å². The van der Waals surface area contributed by atoms with E-state index in [1.165, 1.54) is 23.6 Å². The van der Waals surface area contributed by atoms with E-state index in [0.29, 0.717) is 0 Å². The van der Waals surface area contributed by atoms with E-state index in [-0.39, 0.29) is 12.1 Å². The second-order valence-corrected chi connectivity index (χ2v) is 7.32. The number of rotatable bonds is 2. The standard InChI is InChI=1S/C15H14BrNO2S/c1-8-10-5-6-13(19-9(2)18)12(10)4-3-11(8)15-17-7-14(16)20-15/h3-4,7,13H,5-6H2,1-2H3. The Hall–Kier alpha value is -1.20. The Morgan fingerprint density at radius 3 is 2.95 bits per heavy atom. The van der Waals surface area contributed by atoms with E-state index in [1.54, 1.807) is 11.3 Å². The molecule has 1 heterocycles. The van der Waals surface area contributed by atoms with Crippen LogP contribution in [0.2, 0.25) is 0 Å². The van der Waals surface area contributed by atoms with Crippen molar-refractivity contribution in [3.05, 3.63) is 38.8 Å². The average molecular weight is 352 g/mol. The summed E-state index contributed by atoms with van der Waals surface area (Å²) in [6.45, 7) is 3.59. The summed E-state index contributed by atoms with van der Waals surface area (Å²) in [5.74, 6) is -0.214. The molecule has 0 spiro atoms. The molecular weight excluding hydrogens is 338 g/mol. The zero-order valence-corrected chi connectivity index (χ0v) is 13.7. The van der Waals surface area contributed by atoms with Gasteiger partial charge in [-0.3, -0.25) is 4.79 Å². The second-order valence-electron chi connectivity index (χ2n) is 4.91. The number of carbonyl (C=O) groups is 1. The van der Waals surface area contributed by atoms with Gasteiger partial charge in [-0.2, -0.15) is 0 Å². The number of ether oxygens (including phenoxy) is 1. The first-order valence-corrected chi connectivity index (χ1v) is 8.08. The molecule has 0 saturated heterocycles. The third-order valence-electron chi connectivity index (χ3n) is 3.65. The monoisotopic (exact) mass is 351 g/mol. The molecule has 0 amide bonds. The van der Waals surface area contributed by atoms with Crippen molar-refractivity contribution in [2.75, 3.05) is 0 Å². The molecular formula is C15H14BrNO2S. The van der Waals surface area contributed by atoms with Crippen molar-refractivity contribution in [1.29, 1.82) is 0 Å². The van der Waals surface area contributed by atoms with Gasteiger partial charge in [0.1, 0.15) is 11.1 Å². The number of fused-ring (bicyclic) bond motifs is 1. The van der Waals surface area contributed by atoms with Gasteiger partial charge in [-0.25, -0.2) is 4.98 Å². The summed E-state index contributed by atoms with van der Waals surface area (Å²) in [6.07, 6.45) is 3.58. The van der Waals surface area contributed by atoms with Gasteiger partial charge in [0.2, 0.25) is 0 Å². The maximum absolute atomic E-state index is 11.1. The van der Waals surface area contributed by atoms with Crippen LogP contribution in [0, 0.1) is 6.92 Å². The Kier molecular flexibility index (Phi) is 3.65. The first-order valence-electron chi connectivity index (χ1n) is 6.47. The number of esters is 1. The largest absolute Gasteiger partial charge is 0.458 e. The smallest absolute Gasteiger partial charge is 0.303 e. The van der Waals surface area contributed by atoms with Crippen molar-refractivity contribution in [3.8, 4) is 10.6 Å². The molecule has 0 saturated carbocycles. The first kappa shape index (κ1) is 13.8. The molecule has 1 unspecified atom stereocenters. The molecule has 1 aliphatic carbocycles. The number of hydrogen-bond acceptors (Lipinski definition) is 4. The fraction of sp³-hybridized carbons (Fsp3) is 0.333. The first-order chi connectivity index (χ1) is 9.56. The van der Waals surface area contributed by atoms with Crippen LogP contribution in [0.15, 0.2) is 22.1 Å². The third kappa shape index (κ3) is 2.40. The van der Waals surface area contributed by atoms with Gasteiger partial charge in [0.15, 0.2) is 0 Å². The van der Waals surface area contributed by atoms with Gasteiger partial charge in [0.25, 0.3) is 0 Å². The van der Waals surface area contributed by atoms with Crippen molar-refractivity contribution >= 4 is 33.2 Å². The van der Waals surface area contributed by atoms with E-state index in [0.717, 1.165) is 27.2 Å². The number of thiazole rings is 1. The molecule has 0 fully saturated rings.